The van der Waals surface area contributed by atoms with Gasteiger partial charge in [-0.1, -0.05) is 19.3 Å². The third-order valence-electron chi connectivity index (χ3n) is 5.47. The molecule has 0 unspecified atom stereocenters. The molecule has 2 aromatic heterocycles. The van der Waals surface area contributed by atoms with Crippen molar-refractivity contribution >= 4 is 23.2 Å². The fraction of sp³-hybridized carbons (Fsp3) is 0.500. The van der Waals surface area contributed by atoms with Crippen molar-refractivity contribution in [3.63, 3.8) is 0 Å². The van der Waals surface area contributed by atoms with E-state index >= 15 is 0 Å². The Morgan fingerprint density at radius 2 is 1.67 bits per heavy atom. The van der Waals surface area contributed by atoms with E-state index in [4.69, 9.17) is 0 Å². The summed E-state index contributed by atoms with van der Waals surface area (Å²) in [6, 6.07) is 7.69. The molecule has 0 spiro atoms. The van der Waals surface area contributed by atoms with E-state index < -0.39 is 0 Å². The molecule has 1 aliphatic carbocycles. The fourth-order valence-electron chi connectivity index (χ4n) is 3.91. The number of carbonyl (C=O) groups is 1. The summed E-state index contributed by atoms with van der Waals surface area (Å²) in [5, 5.41) is 11.8. The summed E-state index contributed by atoms with van der Waals surface area (Å²) in [5.41, 5.74) is 0.932. The highest BCUT2D eigenvalue weighted by atomic mass is 16.2. The first-order chi connectivity index (χ1) is 13.3. The van der Waals surface area contributed by atoms with Crippen molar-refractivity contribution in [1.82, 2.24) is 20.1 Å². The van der Waals surface area contributed by atoms with E-state index in [1.54, 1.807) is 12.4 Å². The normalized spacial score (nSPS) is 18.4. The molecule has 1 saturated heterocycles. The van der Waals surface area contributed by atoms with E-state index in [2.05, 4.69) is 25.4 Å². The zero-order valence-electron chi connectivity index (χ0n) is 15.5. The number of hydrogen-bond acceptors (Lipinski definition) is 6. The van der Waals surface area contributed by atoms with Gasteiger partial charge in [0.1, 0.15) is 0 Å². The molecule has 1 aliphatic heterocycles. The molecule has 1 saturated carbocycles. The standard InChI is InChI=1S/C20H26N6O/c27-20(16-4-2-1-3-5-16)26-14-12-25(13-15-26)19-7-6-18(23-24-19)22-17-8-10-21-11-9-17/h6-11,16H,1-5,12-15H2,(H,21,22,23). The number of amides is 1. The van der Waals surface area contributed by atoms with Gasteiger partial charge in [0.2, 0.25) is 5.91 Å². The molecule has 7 nitrogen and oxygen atoms in total. The van der Waals surface area contributed by atoms with Gasteiger partial charge in [0.25, 0.3) is 0 Å². The zero-order chi connectivity index (χ0) is 18.5. The van der Waals surface area contributed by atoms with Crippen LogP contribution >= 0.6 is 0 Å². The van der Waals surface area contributed by atoms with Gasteiger partial charge in [-0.05, 0) is 37.1 Å². The van der Waals surface area contributed by atoms with Crippen molar-refractivity contribution in [2.75, 3.05) is 36.4 Å². The zero-order valence-corrected chi connectivity index (χ0v) is 15.5. The summed E-state index contributed by atoms with van der Waals surface area (Å²) in [7, 11) is 0. The molecule has 0 radical (unpaired) electrons. The predicted molar refractivity (Wildman–Crippen MR) is 105 cm³/mol. The maximum absolute atomic E-state index is 12.7. The summed E-state index contributed by atoms with van der Waals surface area (Å²) in [6.07, 6.45) is 9.28. The maximum Gasteiger partial charge on any atom is 0.225 e. The second-order valence-corrected chi connectivity index (χ2v) is 7.28. The van der Waals surface area contributed by atoms with E-state index in [0.717, 1.165) is 50.5 Å². The van der Waals surface area contributed by atoms with Crippen LogP contribution < -0.4 is 10.2 Å². The molecule has 1 N–H and O–H groups in total. The van der Waals surface area contributed by atoms with Crippen LogP contribution in [-0.4, -0.2) is 52.2 Å². The van der Waals surface area contributed by atoms with Crippen LogP contribution in [0.15, 0.2) is 36.7 Å². The Kier molecular flexibility index (Phi) is 5.46. The average Bonchev–Trinajstić information content (AvgIpc) is 2.75. The minimum atomic E-state index is 0.253. The lowest BCUT2D eigenvalue weighted by Gasteiger charge is -2.37. The molecule has 2 aliphatic rings. The Balaban J connectivity index is 1.31. The third kappa shape index (κ3) is 4.35. The molecule has 3 heterocycles. The number of anilines is 3. The molecule has 1 amide bonds. The Hall–Kier alpha value is -2.70. The van der Waals surface area contributed by atoms with Gasteiger partial charge in [-0.2, -0.15) is 0 Å². The Bertz CT molecular complexity index is 737. The van der Waals surface area contributed by atoms with Crippen molar-refractivity contribution in [3.8, 4) is 0 Å². The van der Waals surface area contributed by atoms with Crippen LogP contribution in [0.3, 0.4) is 0 Å². The van der Waals surface area contributed by atoms with Crippen LogP contribution in [0, 0.1) is 5.92 Å². The molecular weight excluding hydrogens is 340 g/mol. The van der Waals surface area contributed by atoms with Gasteiger partial charge < -0.3 is 15.1 Å². The van der Waals surface area contributed by atoms with Gasteiger partial charge in [0.15, 0.2) is 11.6 Å². The van der Waals surface area contributed by atoms with E-state index in [1.165, 1.54) is 19.3 Å². The largest absolute Gasteiger partial charge is 0.352 e. The SMILES string of the molecule is O=C(C1CCCCC1)N1CCN(c2ccc(Nc3ccncc3)nn2)CC1. The van der Waals surface area contributed by atoms with Crippen LogP contribution in [0.4, 0.5) is 17.3 Å². The molecule has 27 heavy (non-hydrogen) atoms. The predicted octanol–water partition coefficient (Wildman–Crippen LogP) is 2.84. The summed E-state index contributed by atoms with van der Waals surface area (Å²) in [4.78, 5) is 20.9. The third-order valence-corrected chi connectivity index (χ3v) is 5.47. The van der Waals surface area contributed by atoms with E-state index in [9.17, 15) is 4.79 Å². The van der Waals surface area contributed by atoms with E-state index in [1.807, 2.05) is 29.2 Å². The maximum atomic E-state index is 12.7. The van der Waals surface area contributed by atoms with Crippen LogP contribution in [0.2, 0.25) is 0 Å². The number of nitrogens with one attached hydrogen (secondary N) is 1. The van der Waals surface area contributed by atoms with Crippen molar-refractivity contribution in [2.24, 2.45) is 5.92 Å². The van der Waals surface area contributed by atoms with Gasteiger partial charge in [-0.3, -0.25) is 9.78 Å². The Morgan fingerprint density at radius 3 is 2.33 bits per heavy atom. The van der Waals surface area contributed by atoms with Crippen molar-refractivity contribution in [3.05, 3.63) is 36.7 Å². The number of pyridine rings is 1. The number of piperazine rings is 1. The summed E-state index contributed by atoms with van der Waals surface area (Å²) >= 11 is 0. The van der Waals surface area contributed by atoms with Gasteiger partial charge >= 0.3 is 0 Å². The number of aromatic nitrogens is 3. The van der Waals surface area contributed by atoms with Crippen LogP contribution in [-0.2, 0) is 4.79 Å². The Morgan fingerprint density at radius 1 is 0.926 bits per heavy atom. The summed E-state index contributed by atoms with van der Waals surface area (Å²) in [6.45, 7) is 3.16. The highest BCUT2D eigenvalue weighted by molar-refractivity contribution is 5.79. The molecule has 4 rings (SSSR count). The topological polar surface area (TPSA) is 74.2 Å². The molecule has 2 aromatic rings. The quantitative estimate of drug-likeness (QED) is 0.897. The monoisotopic (exact) mass is 366 g/mol. The number of hydrogen-bond donors (Lipinski definition) is 1. The molecule has 2 fully saturated rings. The van der Waals surface area contributed by atoms with Crippen molar-refractivity contribution in [2.45, 2.75) is 32.1 Å². The Labute approximate surface area is 159 Å². The van der Waals surface area contributed by atoms with Crippen LogP contribution in [0.25, 0.3) is 0 Å². The van der Waals surface area contributed by atoms with Gasteiger partial charge in [-0.15, -0.1) is 10.2 Å². The molecule has 0 bridgehead atoms. The highest BCUT2D eigenvalue weighted by Crippen LogP contribution is 2.26. The van der Waals surface area contributed by atoms with Crippen LogP contribution in [0.1, 0.15) is 32.1 Å². The summed E-state index contributed by atoms with van der Waals surface area (Å²) in [5.74, 6) is 2.18. The first-order valence-corrected chi connectivity index (χ1v) is 9.84. The first-order valence-electron chi connectivity index (χ1n) is 9.84. The molecular formula is C20H26N6O. The lowest BCUT2D eigenvalue weighted by Crippen LogP contribution is -2.50. The molecule has 0 atom stereocenters. The smallest absolute Gasteiger partial charge is 0.225 e. The first kappa shape index (κ1) is 17.7. The molecule has 0 aromatic carbocycles. The van der Waals surface area contributed by atoms with Crippen LogP contribution in [0.5, 0.6) is 0 Å². The summed E-state index contributed by atoms with van der Waals surface area (Å²) < 4.78 is 0. The minimum Gasteiger partial charge on any atom is -0.352 e. The van der Waals surface area contributed by atoms with Crippen molar-refractivity contribution in [1.29, 1.82) is 0 Å². The fourth-order valence-corrected chi connectivity index (χ4v) is 3.91. The minimum absolute atomic E-state index is 0.253. The lowest BCUT2D eigenvalue weighted by molar-refractivity contribution is -0.136. The number of carbonyl (C=O) groups excluding carboxylic acids is 1. The number of nitrogens with zero attached hydrogens (tertiary/aromatic N) is 5. The average molecular weight is 366 g/mol. The van der Waals surface area contributed by atoms with E-state index in [-0.39, 0.29) is 5.92 Å². The molecule has 142 valence electrons. The molecule has 7 heteroatoms. The van der Waals surface area contributed by atoms with Gasteiger partial charge in [0.05, 0.1) is 0 Å². The lowest BCUT2D eigenvalue weighted by atomic mass is 9.88. The highest BCUT2D eigenvalue weighted by Gasteiger charge is 2.28. The van der Waals surface area contributed by atoms with Gasteiger partial charge in [0, 0.05) is 50.2 Å². The van der Waals surface area contributed by atoms with Crippen molar-refractivity contribution < 1.29 is 4.79 Å². The second kappa shape index (κ2) is 8.33. The second-order valence-electron chi connectivity index (χ2n) is 7.28. The van der Waals surface area contributed by atoms with E-state index in [0.29, 0.717) is 11.7 Å². The van der Waals surface area contributed by atoms with Gasteiger partial charge in [-0.25, -0.2) is 0 Å². The number of rotatable bonds is 4.